The van der Waals surface area contributed by atoms with Gasteiger partial charge in [-0.05, 0) is 12.5 Å². The molecule has 0 saturated heterocycles. The van der Waals surface area contributed by atoms with Gasteiger partial charge in [-0.2, -0.15) is 0 Å². The number of hydrogen-bond donors (Lipinski definition) is 0. The summed E-state index contributed by atoms with van der Waals surface area (Å²) in [7, 11) is -1.14. The Bertz CT molecular complexity index is 245. The molecule has 0 aromatic heterocycles. The second-order valence-electron chi connectivity index (χ2n) is 3.91. The lowest BCUT2D eigenvalue weighted by molar-refractivity contribution is 1.61. The molecule has 1 rings (SSSR count). The minimum absolute atomic E-state index is 1.14. The summed E-state index contributed by atoms with van der Waals surface area (Å²) in [5, 5.41) is 1.47. The molecule has 0 heterocycles. The maximum atomic E-state index is 4.02. The SMILES string of the molecule is [CH2]c1ccccc1[Si](C)(C)C. The first kappa shape index (κ1) is 8.53. The van der Waals surface area contributed by atoms with Gasteiger partial charge in [-0.15, -0.1) is 0 Å². The van der Waals surface area contributed by atoms with Crippen LogP contribution in [0.1, 0.15) is 5.56 Å². The van der Waals surface area contributed by atoms with Crippen molar-refractivity contribution in [2.45, 2.75) is 19.6 Å². The first-order valence-electron chi connectivity index (χ1n) is 3.93. The molecule has 0 atom stereocenters. The Morgan fingerprint density at radius 1 is 1.09 bits per heavy atom. The maximum absolute atomic E-state index is 4.02. The van der Waals surface area contributed by atoms with E-state index in [4.69, 9.17) is 0 Å². The molecular weight excluding hydrogens is 148 g/mol. The van der Waals surface area contributed by atoms with E-state index in [-0.39, 0.29) is 0 Å². The van der Waals surface area contributed by atoms with Crippen LogP contribution in [0.25, 0.3) is 0 Å². The fraction of sp³-hybridized carbons (Fsp3) is 0.300. The summed E-state index contributed by atoms with van der Waals surface area (Å²) in [6.07, 6.45) is 0. The van der Waals surface area contributed by atoms with E-state index in [0.29, 0.717) is 0 Å². The minimum atomic E-state index is -1.14. The maximum Gasteiger partial charge on any atom is 0.0779 e. The molecule has 0 amide bonds. The molecule has 0 fully saturated rings. The third kappa shape index (κ3) is 1.93. The molecule has 0 spiro atoms. The molecule has 0 N–H and O–H groups in total. The zero-order chi connectivity index (χ0) is 8.48. The van der Waals surface area contributed by atoms with E-state index in [1.165, 1.54) is 10.8 Å². The van der Waals surface area contributed by atoms with Crippen LogP contribution < -0.4 is 5.19 Å². The predicted octanol–water partition coefficient (Wildman–Crippen LogP) is 2.41. The molecule has 59 valence electrons. The molecule has 0 saturated carbocycles. The summed E-state index contributed by atoms with van der Waals surface area (Å²) >= 11 is 0. The van der Waals surface area contributed by atoms with Crippen LogP contribution in [0.5, 0.6) is 0 Å². The fourth-order valence-corrected chi connectivity index (χ4v) is 2.89. The van der Waals surface area contributed by atoms with Gasteiger partial charge in [0.15, 0.2) is 0 Å². The van der Waals surface area contributed by atoms with Crippen LogP contribution in [0.2, 0.25) is 19.6 Å². The lowest BCUT2D eigenvalue weighted by Crippen LogP contribution is -2.39. The van der Waals surface area contributed by atoms with E-state index >= 15 is 0 Å². The number of hydrogen-bond acceptors (Lipinski definition) is 0. The van der Waals surface area contributed by atoms with E-state index in [0.717, 1.165) is 0 Å². The molecule has 0 unspecified atom stereocenters. The number of benzene rings is 1. The average Bonchev–Trinajstić information content (AvgIpc) is 1.86. The van der Waals surface area contributed by atoms with Crippen LogP contribution >= 0.6 is 0 Å². The largest absolute Gasteiger partial charge is 0.0779 e. The first-order chi connectivity index (χ1) is 5.02. The molecule has 11 heavy (non-hydrogen) atoms. The predicted molar refractivity (Wildman–Crippen MR) is 53.9 cm³/mol. The van der Waals surface area contributed by atoms with Crippen LogP contribution in [-0.4, -0.2) is 8.07 Å². The Kier molecular flexibility index (Phi) is 2.19. The van der Waals surface area contributed by atoms with E-state index in [9.17, 15) is 0 Å². The van der Waals surface area contributed by atoms with Crippen molar-refractivity contribution < 1.29 is 0 Å². The third-order valence-corrected chi connectivity index (χ3v) is 3.93. The lowest BCUT2D eigenvalue weighted by Gasteiger charge is -2.18. The summed E-state index contributed by atoms with van der Waals surface area (Å²) in [6, 6.07) is 8.44. The van der Waals surface area contributed by atoms with Crippen molar-refractivity contribution in [2.24, 2.45) is 0 Å². The van der Waals surface area contributed by atoms with Gasteiger partial charge in [0.05, 0.1) is 8.07 Å². The summed E-state index contributed by atoms with van der Waals surface area (Å²) in [5.41, 5.74) is 1.20. The Balaban J connectivity index is 3.14. The van der Waals surface area contributed by atoms with Crippen molar-refractivity contribution in [3.63, 3.8) is 0 Å². The van der Waals surface area contributed by atoms with Crippen molar-refractivity contribution in [2.75, 3.05) is 0 Å². The Morgan fingerprint density at radius 2 is 1.64 bits per heavy atom. The highest BCUT2D eigenvalue weighted by Crippen LogP contribution is 2.05. The van der Waals surface area contributed by atoms with E-state index in [2.05, 4.69) is 44.8 Å². The molecule has 0 aliphatic heterocycles. The highest BCUT2D eigenvalue weighted by Gasteiger charge is 2.17. The van der Waals surface area contributed by atoms with Gasteiger partial charge in [-0.1, -0.05) is 49.1 Å². The van der Waals surface area contributed by atoms with Crippen molar-refractivity contribution >= 4 is 13.3 Å². The Labute approximate surface area is 70.3 Å². The van der Waals surface area contributed by atoms with Gasteiger partial charge >= 0.3 is 0 Å². The molecule has 0 bridgehead atoms. The zero-order valence-corrected chi connectivity index (χ0v) is 8.52. The smallest absolute Gasteiger partial charge is 0.0656 e. The van der Waals surface area contributed by atoms with E-state index in [1.54, 1.807) is 0 Å². The first-order valence-corrected chi connectivity index (χ1v) is 7.43. The molecule has 1 aromatic rings. The van der Waals surface area contributed by atoms with Crippen molar-refractivity contribution in [1.29, 1.82) is 0 Å². The summed E-state index contributed by atoms with van der Waals surface area (Å²) in [6.45, 7) is 11.1. The van der Waals surface area contributed by atoms with Gasteiger partial charge in [0, 0.05) is 0 Å². The molecule has 0 aliphatic rings. The van der Waals surface area contributed by atoms with Gasteiger partial charge in [0.2, 0.25) is 0 Å². The van der Waals surface area contributed by atoms with Gasteiger partial charge in [0.25, 0.3) is 0 Å². The molecule has 1 aromatic carbocycles. The van der Waals surface area contributed by atoms with Gasteiger partial charge in [-0.3, -0.25) is 0 Å². The lowest BCUT2D eigenvalue weighted by atomic mass is 10.2. The molecule has 1 radical (unpaired) electrons. The quantitative estimate of drug-likeness (QED) is 0.558. The Morgan fingerprint density at radius 3 is 2.00 bits per heavy atom. The van der Waals surface area contributed by atoms with Crippen molar-refractivity contribution in [3.05, 3.63) is 36.8 Å². The number of rotatable bonds is 1. The van der Waals surface area contributed by atoms with Crippen LogP contribution in [0.4, 0.5) is 0 Å². The highest BCUT2D eigenvalue weighted by atomic mass is 28.3. The van der Waals surface area contributed by atoms with Crippen molar-refractivity contribution in [1.82, 2.24) is 0 Å². The zero-order valence-electron chi connectivity index (χ0n) is 7.52. The molecule has 1 heteroatoms. The van der Waals surface area contributed by atoms with Crippen LogP contribution in [0.15, 0.2) is 24.3 Å². The molecule has 0 nitrogen and oxygen atoms in total. The second kappa shape index (κ2) is 2.82. The molecular formula is C10H15Si. The summed E-state index contributed by atoms with van der Waals surface area (Å²) < 4.78 is 0. The summed E-state index contributed by atoms with van der Waals surface area (Å²) in [5.74, 6) is 0. The highest BCUT2D eigenvalue weighted by molar-refractivity contribution is 6.89. The van der Waals surface area contributed by atoms with Crippen LogP contribution in [-0.2, 0) is 0 Å². The normalized spacial score (nSPS) is 11.6. The van der Waals surface area contributed by atoms with E-state index in [1.807, 2.05) is 6.07 Å². The Hall–Kier alpha value is -0.563. The fourth-order valence-electron chi connectivity index (χ4n) is 1.25. The van der Waals surface area contributed by atoms with E-state index < -0.39 is 8.07 Å². The summed E-state index contributed by atoms with van der Waals surface area (Å²) in [4.78, 5) is 0. The van der Waals surface area contributed by atoms with Crippen molar-refractivity contribution in [3.8, 4) is 0 Å². The minimum Gasteiger partial charge on any atom is -0.0656 e. The standard InChI is InChI=1S/C10H15Si/c1-9-7-5-6-8-10(9)11(2,3)4/h5-8H,1H2,2-4H3. The van der Waals surface area contributed by atoms with Gasteiger partial charge < -0.3 is 0 Å². The second-order valence-corrected chi connectivity index (χ2v) is 8.95. The van der Waals surface area contributed by atoms with Gasteiger partial charge in [-0.25, -0.2) is 0 Å². The average molecular weight is 163 g/mol. The third-order valence-electron chi connectivity index (χ3n) is 1.83. The van der Waals surface area contributed by atoms with Gasteiger partial charge in [0.1, 0.15) is 0 Å². The topological polar surface area (TPSA) is 0 Å². The monoisotopic (exact) mass is 163 g/mol. The van der Waals surface area contributed by atoms with Crippen LogP contribution in [0, 0.1) is 6.92 Å². The van der Waals surface area contributed by atoms with Crippen LogP contribution in [0.3, 0.4) is 0 Å². The molecule has 0 aliphatic carbocycles.